The van der Waals surface area contributed by atoms with Gasteiger partial charge in [-0.2, -0.15) is 0 Å². The number of nitrogens with one attached hydrogen (secondary N) is 1. The van der Waals surface area contributed by atoms with Crippen LogP contribution in [-0.2, 0) is 17.4 Å². The van der Waals surface area contributed by atoms with E-state index in [-0.39, 0.29) is 16.7 Å². The maximum absolute atomic E-state index is 13.2. The largest absolute Gasteiger partial charge is 0.507 e. The second-order valence-corrected chi connectivity index (χ2v) is 12.7. The molecule has 35 heavy (non-hydrogen) atoms. The van der Waals surface area contributed by atoms with Crippen LogP contribution in [0.15, 0.2) is 18.2 Å². The molecule has 3 rings (SSSR count). The SMILES string of the molecule is CCCCNC(=O)c1cc(-c2cc(C(C)(C)C)c(O)c(C(C)(C)C)c2)n(CC2CCCCC2)c1C. The Kier molecular flexibility index (Phi) is 8.44. The highest BCUT2D eigenvalue weighted by atomic mass is 16.3. The quantitative estimate of drug-likeness (QED) is 0.396. The first-order valence-electron chi connectivity index (χ1n) is 13.7. The van der Waals surface area contributed by atoms with E-state index in [1.807, 2.05) is 0 Å². The lowest BCUT2D eigenvalue weighted by molar-refractivity contribution is 0.0952. The van der Waals surface area contributed by atoms with E-state index in [4.69, 9.17) is 0 Å². The predicted octanol–water partition coefficient (Wildman–Crippen LogP) is 7.87. The second kappa shape index (κ2) is 10.8. The monoisotopic (exact) mass is 480 g/mol. The van der Waals surface area contributed by atoms with E-state index in [1.54, 1.807) is 0 Å². The number of hydrogen-bond acceptors (Lipinski definition) is 2. The molecular weight excluding hydrogens is 432 g/mol. The van der Waals surface area contributed by atoms with Crippen LogP contribution in [0.4, 0.5) is 0 Å². The summed E-state index contributed by atoms with van der Waals surface area (Å²) in [7, 11) is 0. The highest BCUT2D eigenvalue weighted by Crippen LogP contribution is 2.43. The lowest BCUT2D eigenvalue weighted by atomic mass is 9.78. The first-order chi connectivity index (χ1) is 16.3. The number of hydrogen-bond donors (Lipinski definition) is 2. The molecule has 2 N–H and O–H groups in total. The Morgan fingerprint density at radius 3 is 2.09 bits per heavy atom. The number of unbranched alkanes of at least 4 members (excludes halogenated alkanes) is 1. The van der Waals surface area contributed by atoms with Crippen molar-refractivity contribution in [3.63, 3.8) is 0 Å². The maximum Gasteiger partial charge on any atom is 0.253 e. The van der Waals surface area contributed by atoms with Crippen molar-refractivity contribution in [2.24, 2.45) is 5.92 Å². The van der Waals surface area contributed by atoms with Gasteiger partial charge in [0, 0.05) is 35.6 Å². The maximum atomic E-state index is 13.2. The molecule has 1 aliphatic rings. The van der Waals surface area contributed by atoms with E-state index in [0.717, 1.165) is 53.0 Å². The van der Waals surface area contributed by atoms with Gasteiger partial charge in [0.2, 0.25) is 0 Å². The molecule has 2 aromatic rings. The smallest absolute Gasteiger partial charge is 0.253 e. The van der Waals surface area contributed by atoms with Crippen molar-refractivity contribution in [2.75, 3.05) is 6.54 Å². The van der Waals surface area contributed by atoms with Crippen LogP contribution in [0.2, 0.25) is 0 Å². The van der Waals surface area contributed by atoms with Gasteiger partial charge in [0.15, 0.2) is 0 Å². The summed E-state index contributed by atoms with van der Waals surface area (Å²) in [6, 6.07) is 6.38. The van der Waals surface area contributed by atoms with E-state index in [9.17, 15) is 9.90 Å². The molecule has 1 fully saturated rings. The average molecular weight is 481 g/mol. The number of carbonyl (C=O) groups excluding carboxylic acids is 1. The number of amides is 1. The molecule has 0 saturated heterocycles. The van der Waals surface area contributed by atoms with Gasteiger partial charge in [-0.25, -0.2) is 0 Å². The van der Waals surface area contributed by atoms with Crippen molar-refractivity contribution < 1.29 is 9.90 Å². The van der Waals surface area contributed by atoms with Crippen molar-refractivity contribution in [1.82, 2.24) is 9.88 Å². The van der Waals surface area contributed by atoms with Crippen LogP contribution in [0.5, 0.6) is 5.75 Å². The summed E-state index contributed by atoms with van der Waals surface area (Å²) in [5, 5.41) is 14.4. The fourth-order valence-corrected chi connectivity index (χ4v) is 5.38. The summed E-state index contributed by atoms with van der Waals surface area (Å²) in [6.45, 7) is 18.8. The Balaban J connectivity index is 2.18. The summed E-state index contributed by atoms with van der Waals surface area (Å²) in [6.07, 6.45) is 8.49. The van der Waals surface area contributed by atoms with Crippen LogP contribution < -0.4 is 5.32 Å². The van der Waals surface area contributed by atoms with Gasteiger partial charge < -0.3 is 15.0 Å². The van der Waals surface area contributed by atoms with Gasteiger partial charge >= 0.3 is 0 Å². The number of carbonyl (C=O) groups is 1. The van der Waals surface area contributed by atoms with Crippen molar-refractivity contribution >= 4 is 5.91 Å². The molecule has 1 saturated carbocycles. The lowest BCUT2D eigenvalue weighted by Gasteiger charge is -2.29. The van der Waals surface area contributed by atoms with Gasteiger partial charge in [-0.3, -0.25) is 4.79 Å². The molecule has 4 nitrogen and oxygen atoms in total. The summed E-state index contributed by atoms with van der Waals surface area (Å²) < 4.78 is 2.38. The molecule has 0 radical (unpaired) electrons. The van der Waals surface area contributed by atoms with Crippen LogP contribution in [0.3, 0.4) is 0 Å². The second-order valence-electron chi connectivity index (χ2n) is 12.7. The van der Waals surface area contributed by atoms with Crippen LogP contribution >= 0.6 is 0 Å². The van der Waals surface area contributed by atoms with Crippen LogP contribution in [-0.4, -0.2) is 22.1 Å². The Hall–Kier alpha value is -2.23. The molecule has 1 amide bonds. The number of nitrogens with zero attached hydrogens (tertiary/aromatic N) is 1. The number of phenolic OH excluding ortho intramolecular Hbond substituents is 1. The van der Waals surface area contributed by atoms with Gasteiger partial charge in [-0.05, 0) is 66.7 Å². The third kappa shape index (κ3) is 6.32. The first-order valence-corrected chi connectivity index (χ1v) is 13.7. The summed E-state index contributed by atoms with van der Waals surface area (Å²) in [4.78, 5) is 13.2. The summed E-state index contributed by atoms with van der Waals surface area (Å²) in [5.74, 6) is 1.06. The van der Waals surface area contributed by atoms with Crippen LogP contribution in [0.25, 0.3) is 11.3 Å². The third-order valence-corrected chi connectivity index (χ3v) is 7.61. The van der Waals surface area contributed by atoms with Gasteiger partial charge in [0.05, 0.1) is 5.56 Å². The molecule has 0 aliphatic heterocycles. The van der Waals surface area contributed by atoms with E-state index < -0.39 is 0 Å². The molecule has 0 atom stereocenters. The molecule has 0 unspecified atom stereocenters. The zero-order chi connectivity index (χ0) is 26.0. The molecular formula is C31H48N2O2. The molecule has 194 valence electrons. The van der Waals surface area contributed by atoms with E-state index in [1.165, 1.54) is 32.1 Å². The van der Waals surface area contributed by atoms with Crippen molar-refractivity contribution in [2.45, 2.75) is 118 Å². The third-order valence-electron chi connectivity index (χ3n) is 7.61. The minimum atomic E-state index is -0.198. The normalized spacial score (nSPS) is 15.4. The van der Waals surface area contributed by atoms with Crippen LogP contribution in [0.1, 0.15) is 121 Å². The van der Waals surface area contributed by atoms with Gasteiger partial charge in [0.1, 0.15) is 5.75 Å². The highest BCUT2D eigenvalue weighted by molar-refractivity contribution is 5.97. The number of benzene rings is 1. The van der Waals surface area contributed by atoms with E-state index in [0.29, 0.717) is 18.2 Å². The zero-order valence-corrected chi connectivity index (χ0v) is 23.5. The van der Waals surface area contributed by atoms with E-state index in [2.05, 4.69) is 83.5 Å². The molecule has 0 spiro atoms. The molecule has 0 bridgehead atoms. The molecule has 1 aliphatic carbocycles. The van der Waals surface area contributed by atoms with Crippen molar-refractivity contribution in [1.29, 1.82) is 0 Å². The Morgan fingerprint density at radius 1 is 1.00 bits per heavy atom. The standard InChI is InChI=1S/C31H48N2O2/c1-9-10-16-32-29(35)24-19-27(33(21(24)2)20-22-14-12-11-13-15-22)23-17-25(30(3,4)5)28(34)26(18-23)31(6,7)8/h17-19,22,34H,9-16,20H2,1-8H3,(H,32,35). The van der Waals surface area contributed by atoms with Gasteiger partial charge in [0.25, 0.3) is 5.91 Å². The fourth-order valence-electron chi connectivity index (χ4n) is 5.38. The molecule has 4 heteroatoms. The zero-order valence-electron chi connectivity index (χ0n) is 23.5. The average Bonchev–Trinajstić information content (AvgIpc) is 3.09. The number of aromatic nitrogens is 1. The van der Waals surface area contributed by atoms with Crippen molar-refractivity contribution in [3.8, 4) is 17.0 Å². The minimum absolute atomic E-state index is 0.0189. The molecule has 1 aromatic heterocycles. The fraction of sp³-hybridized carbons (Fsp3) is 0.645. The number of rotatable bonds is 7. The first kappa shape index (κ1) is 27.4. The highest BCUT2D eigenvalue weighted by Gasteiger charge is 2.29. The van der Waals surface area contributed by atoms with E-state index >= 15 is 0 Å². The van der Waals surface area contributed by atoms with Gasteiger partial charge in [-0.15, -0.1) is 0 Å². The summed E-state index contributed by atoms with van der Waals surface area (Å²) >= 11 is 0. The Labute approximate surface area is 213 Å². The van der Waals surface area contributed by atoms with Crippen LogP contribution in [0, 0.1) is 12.8 Å². The van der Waals surface area contributed by atoms with Gasteiger partial charge in [-0.1, -0.05) is 74.1 Å². The predicted molar refractivity (Wildman–Crippen MR) is 147 cm³/mol. The lowest BCUT2D eigenvalue weighted by Crippen LogP contribution is -2.25. The van der Waals surface area contributed by atoms with Crippen molar-refractivity contribution in [3.05, 3.63) is 40.6 Å². The topological polar surface area (TPSA) is 54.3 Å². The Bertz CT molecular complexity index is 992. The molecule has 1 heterocycles. The molecule has 1 aromatic carbocycles. The Morgan fingerprint density at radius 2 is 1.57 bits per heavy atom. The number of phenols is 1. The number of aromatic hydroxyl groups is 1. The summed E-state index contributed by atoms with van der Waals surface area (Å²) in [5.41, 5.74) is 5.51. The minimum Gasteiger partial charge on any atom is -0.507 e.